The average Bonchev–Trinajstić information content (AvgIpc) is 3.88. The minimum atomic E-state index is -0.353. The summed E-state index contributed by atoms with van der Waals surface area (Å²) in [5.74, 6) is 2.06. The lowest BCUT2D eigenvalue weighted by molar-refractivity contribution is 0.0109. The van der Waals surface area contributed by atoms with Gasteiger partial charge in [0.15, 0.2) is 23.0 Å². The second-order valence-electron chi connectivity index (χ2n) is 13.8. The van der Waals surface area contributed by atoms with Crippen molar-refractivity contribution in [2.45, 2.75) is 60.2 Å². The fraction of sp³-hybridized carbons (Fsp3) is 0.500. The average molecular weight is 677 g/mol. The van der Waals surface area contributed by atoms with Crippen molar-refractivity contribution < 1.29 is 53.0 Å². The Labute approximate surface area is 283 Å². The van der Waals surface area contributed by atoms with Gasteiger partial charge in [-0.1, -0.05) is 24.3 Å². The molecule has 0 aromatic heterocycles. The molecule has 2 fully saturated rings. The van der Waals surface area contributed by atoms with Crippen molar-refractivity contribution in [1.82, 2.24) is 9.80 Å². The number of benzene rings is 2. The van der Waals surface area contributed by atoms with Crippen LogP contribution in [0, 0.1) is 0 Å². The zero-order valence-electron chi connectivity index (χ0n) is 27.8. The molecule has 2 spiro atoms. The van der Waals surface area contributed by atoms with Gasteiger partial charge in [0.25, 0.3) is 0 Å². The van der Waals surface area contributed by atoms with Crippen molar-refractivity contribution in [2.75, 3.05) is 55.0 Å². The van der Waals surface area contributed by atoms with E-state index in [4.69, 9.17) is 37.9 Å². The van der Waals surface area contributed by atoms with Gasteiger partial charge < -0.3 is 43.4 Å². The Morgan fingerprint density at radius 1 is 0.653 bits per heavy atom. The van der Waals surface area contributed by atoms with E-state index in [-0.39, 0.29) is 78.3 Å². The van der Waals surface area contributed by atoms with E-state index >= 15 is 0 Å². The van der Waals surface area contributed by atoms with Gasteiger partial charge in [0, 0.05) is 39.4 Å². The second-order valence-corrected chi connectivity index (χ2v) is 13.8. The molecule has 260 valence electrons. The van der Waals surface area contributed by atoms with Crippen LogP contribution in [0.3, 0.4) is 0 Å². The van der Waals surface area contributed by atoms with Gasteiger partial charge in [0.1, 0.15) is 12.2 Å². The quantitative estimate of drug-likeness (QED) is 0.339. The third-order valence-electron chi connectivity index (χ3n) is 11.7. The van der Waals surface area contributed by atoms with Gasteiger partial charge in [0.05, 0.1) is 34.2 Å². The zero-order chi connectivity index (χ0) is 32.9. The number of carbonyl (C=O) groups excluding carboxylic acids is 2. The monoisotopic (exact) mass is 676 g/mol. The van der Waals surface area contributed by atoms with Gasteiger partial charge in [-0.25, -0.2) is 9.59 Å². The summed E-state index contributed by atoms with van der Waals surface area (Å²) < 4.78 is 44.7. The van der Waals surface area contributed by atoms with Crippen molar-refractivity contribution >= 4 is 11.9 Å². The van der Waals surface area contributed by atoms with Gasteiger partial charge in [0.2, 0.25) is 13.6 Å². The molecule has 13 nitrogen and oxygen atoms in total. The van der Waals surface area contributed by atoms with Crippen LogP contribution in [0.1, 0.15) is 44.7 Å². The molecule has 6 aliphatic heterocycles. The van der Waals surface area contributed by atoms with Crippen molar-refractivity contribution in [3.63, 3.8) is 0 Å². The summed E-state index contributed by atoms with van der Waals surface area (Å²) in [6.45, 7) is 1.80. The highest BCUT2D eigenvalue weighted by Gasteiger charge is 2.61. The lowest BCUT2D eigenvalue weighted by Gasteiger charge is -2.44. The maximum Gasteiger partial charge on any atom is 0.338 e. The van der Waals surface area contributed by atoms with E-state index in [0.717, 1.165) is 24.0 Å². The maximum atomic E-state index is 12.5. The van der Waals surface area contributed by atoms with Crippen LogP contribution in [0.5, 0.6) is 23.0 Å². The molecule has 0 radical (unpaired) electrons. The Kier molecular flexibility index (Phi) is 7.50. The Morgan fingerprint density at radius 3 is 1.43 bits per heavy atom. The third kappa shape index (κ3) is 4.42. The van der Waals surface area contributed by atoms with Gasteiger partial charge >= 0.3 is 11.9 Å². The highest BCUT2D eigenvalue weighted by Crippen LogP contribution is 2.54. The number of ether oxygens (including phenoxy) is 8. The summed E-state index contributed by atoms with van der Waals surface area (Å²) in [6.07, 6.45) is 10.1. The van der Waals surface area contributed by atoms with Crippen molar-refractivity contribution in [3.8, 4) is 23.0 Å². The first kappa shape index (κ1) is 32.1. The Hall–Kier alpha value is -4.14. The lowest BCUT2D eigenvalue weighted by Crippen LogP contribution is -2.52. The maximum absolute atomic E-state index is 12.5. The summed E-state index contributed by atoms with van der Waals surface area (Å²) in [7, 11) is 7.62. The summed E-state index contributed by atoms with van der Waals surface area (Å²) in [5.41, 5.74) is 2.41. The smallest absolute Gasteiger partial charge is 0.338 e. The van der Waals surface area contributed by atoms with Crippen LogP contribution < -0.4 is 18.9 Å². The molecular weight excluding hydrogens is 636 g/mol. The number of rotatable bonds is 2. The summed E-state index contributed by atoms with van der Waals surface area (Å²) in [4.78, 5) is 29.6. The third-order valence-corrected chi connectivity index (χ3v) is 11.7. The molecule has 0 saturated carbocycles. The molecule has 10 rings (SSSR count). The minimum Gasteiger partial charge on any atom is -0.456 e. The Morgan fingerprint density at radius 2 is 1.04 bits per heavy atom. The molecule has 0 bridgehead atoms. The fourth-order valence-corrected chi connectivity index (χ4v) is 9.38. The molecule has 13 heteroatoms. The Balaban J connectivity index is 0.000000139. The van der Waals surface area contributed by atoms with Gasteiger partial charge in [-0.15, -0.1) is 0 Å². The number of likely N-dealkylation sites (N-methyl/N-ethyl adjacent to an activating group) is 2. The van der Waals surface area contributed by atoms with E-state index in [0.29, 0.717) is 47.2 Å². The fourth-order valence-electron chi connectivity index (χ4n) is 9.38. The molecule has 2 aromatic carbocycles. The van der Waals surface area contributed by atoms with E-state index < -0.39 is 0 Å². The number of likely N-dealkylation sites (tertiary alicyclic amines) is 2. The molecule has 2 saturated heterocycles. The van der Waals surface area contributed by atoms with E-state index in [2.05, 4.69) is 48.2 Å². The molecule has 49 heavy (non-hydrogen) atoms. The largest absolute Gasteiger partial charge is 0.456 e. The van der Waals surface area contributed by atoms with Crippen LogP contribution >= 0.6 is 0 Å². The van der Waals surface area contributed by atoms with Crippen molar-refractivity contribution in [3.05, 3.63) is 70.8 Å². The highest BCUT2D eigenvalue weighted by molar-refractivity contribution is 5.95. The number of carbonyl (C=O) groups is 2. The first-order valence-corrected chi connectivity index (χ1v) is 16.4. The highest BCUT2D eigenvalue weighted by atomic mass is 16.7. The van der Waals surface area contributed by atoms with Gasteiger partial charge in [-0.05, 0) is 62.3 Å². The normalized spacial score (nSPS) is 35.3. The minimum absolute atomic E-state index is 0. The van der Waals surface area contributed by atoms with Crippen LogP contribution in [-0.4, -0.2) is 119 Å². The van der Waals surface area contributed by atoms with E-state index in [9.17, 15) is 9.59 Å². The van der Waals surface area contributed by atoms with Crippen LogP contribution in [-0.2, 0) is 29.8 Å². The molecular formula is C36H40N2O11. The second kappa shape index (κ2) is 11.5. The molecule has 8 atom stereocenters. The Bertz CT molecular complexity index is 1650. The van der Waals surface area contributed by atoms with Crippen molar-refractivity contribution in [2.24, 2.45) is 0 Å². The first-order valence-electron chi connectivity index (χ1n) is 16.4. The predicted molar refractivity (Wildman–Crippen MR) is 172 cm³/mol. The van der Waals surface area contributed by atoms with Crippen molar-refractivity contribution in [1.29, 1.82) is 0 Å². The number of methoxy groups -OCH3 is 2. The molecule has 6 heterocycles. The summed E-state index contributed by atoms with van der Waals surface area (Å²) >= 11 is 0. The van der Waals surface area contributed by atoms with Crippen LogP contribution in [0.15, 0.2) is 48.6 Å². The number of esters is 2. The van der Waals surface area contributed by atoms with E-state index in [1.54, 1.807) is 26.4 Å². The lowest BCUT2D eigenvalue weighted by atomic mass is 9.65. The van der Waals surface area contributed by atoms with Crippen LogP contribution in [0.25, 0.3) is 0 Å². The molecule has 0 amide bonds. The molecule has 8 aliphatic rings. The molecule has 2 N–H and O–H groups in total. The van der Waals surface area contributed by atoms with E-state index in [1.807, 2.05) is 12.1 Å². The zero-order valence-corrected chi connectivity index (χ0v) is 27.8. The first-order chi connectivity index (χ1) is 23.3. The topological polar surface area (TPSA) is 146 Å². The predicted octanol–water partition coefficient (Wildman–Crippen LogP) is 2.14. The summed E-state index contributed by atoms with van der Waals surface area (Å²) in [5, 5.41) is 0. The number of fused-ring (bicyclic) bond motifs is 4. The summed E-state index contributed by atoms with van der Waals surface area (Å²) in [6, 6.07) is 7.88. The SMILES string of the molecule is CO[C@@H]1C=C[C@@]23c4cc5c(cc4C(=O)O[C@H]2CN(C)[C@H]3C1)OCO5.CO[C@@H]1C=C[C@@]23c4cc5c(cc4C(=O)O[C@H]2CN(C)[C@H]3C1)OCO5.O. The number of nitrogens with zero attached hydrogens (tertiary/aromatic N) is 2. The number of hydrogen-bond acceptors (Lipinski definition) is 12. The standard InChI is InChI=1S/2C18H19NO5.H2O/c2*1-19-8-16-18(4-3-10(21-2)5-15(18)19)12-7-14-13(22-9-23-14)6-11(12)17(20)24-16;/h2*3-4,6-7,10,15-16H,5,8-9H2,1-2H3;1H2/t2*10-,15+,16+,18+;/m11./s1. The van der Waals surface area contributed by atoms with Crippen LogP contribution in [0.2, 0.25) is 0 Å². The molecule has 2 aliphatic carbocycles. The van der Waals surface area contributed by atoms with Crippen LogP contribution in [0.4, 0.5) is 0 Å². The number of hydrogen-bond donors (Lipinski definition) is 0. The van der Waals surface area contributed by atoms with Gasteiger partial charge in [-0.2, -0.15) is 0 Å². The van der Waals surface area contributed by atoms with E-state index in [1.165, 1.54) is 0 Å². The molecule has 2 aromatic rings. The molecule has 0 unspecified atom stereocenters. The van der Waals surface area contributed by atoms with Gasteiger partial charge in [-0.3, -0.25) is 9.80 Å².